The van der Waals surface area contributed by atoms with Crippen molar-refractivity contribution >= 4 is 40.4 Å². The SMILES string of the molecule is O=C(c1cc(Cl)c(Cl)s1)N1CCN(C(c2ccccc2)c2ccccc2)CC1. The van der Waals surface area contributed by atoms with Crippen LogP contribution < -0.4 is 0 Å². The summed E-state index contributed by atoms with van der Waals surface area (Å²) in [6.07, 6.45) is 0. The molecule has 3 aromatic rings. The largest absolute Gasteiger partial charge is 0.335 e. The third kappa shape index (κ3) is 4.11. The van der Waals surface area contributed by atoms with E-state index in [2.05, 4.69) is 53.4 Å². The van der Waals surface area contributed by atoms with Crippen molar-refractivity contribution in [2.75, 3.05) is 26.2 Å². The molecule has 3 nitrogen and oxygen atoms in total. The Morgan fingerprint density at radius 3 is 1.86 bits per heavy atom. The minimum atomic E-state index is 0.00872. The van der Waals surface area contributed by atoms with Crippen molar-refractivity contribution in [1.29, 1.82) is 0 Å². The second-order valence-corrected chi connectivity index (χ2v) is 8.85. The van der Waals surface area contributed by atoms with Crippen LogP contribution in [-0.2, 0) is 0 Å². The van der Waals surface area contributed by atoms with E-state index in [0.717, 1.165) is 13.1 Å². The van der Waals surface area contributed by atoms with Gasteiger partial charge in [0.05, 0.1) is 15.9 Å². The highest BCUT2D eigenvalue weighted by Gasteiger charge is 2.29. The Morgan fingerprint density at radius 1 is 0.857 bits per heavy atom. The molecule has 6 heteroatoms. The zero-order chi connectivity index (χ0) is 19.5. The molecule has 0 bridgehead atoms. The number of carbonyl (C=O) groups excluding carboxylic acids is 1. The van der Waals surface area contributed by atoms with Gasteiger partial charge in [0.2, 0.25) is 0 Å². The Hall–Kier alpha value is -1.85. The third-order valence-electron chi connectivity index (χ3n) is 5.05. The molecule has 0 radical (unpaired) electrons. The fourth-order valence-corrected chi connectivity index (χ4v) is 5.01. The fourth-order valence-electron chi connectivity index (χ4n) is 3.68. The van der Waals surface area contributed by atoms with Crippen LogP contribution >= 0.6 is 34.5 Å². The monoisotopic (exact) mass is 430 g/mol. The lowest BCUT2D eigenvalue weighted by atomic mass is 9.96. The normalized spacial score (nSPS) is 15.2. The molecule has 2 aromatic carbocycles. The Labute approximate surface area is 179 Å². The van der Waals surface area contributed by atoms with Crippen LogP contribution in [0, 0.1) is 0 Å². The minimum Gasteiger partial charge on any atom is -0.335 e. The van der Waals surface area contributed by atoms with Crippen LogP contribution in [0.2, 0.25) is 9.36 Å². The molecule has 0 N–H and O–H groups in total. The van der Waals surface area contributed by atoms with E-state index < -0.39 is 0 Å². The summed E-state index contributed by atoms with van der Waals surface area (Å²) in [6, 6.07) is 22.9. The van der Waals surface area contributed by atoms with Crippen molar-refractivity contribution in [3.05, 3.63) is 92.1 Å². The van der Waals surface area contributed by atoms with Crippen molar-refractivity contribution in [1.82, 2.24) is 9.80 Å². The first-order valence-corrected chi connectivity index (χ1v) is 10.8. The maximum absolute atomic E-state index is 12.8. The summed E-state index contributed by atoms with van der Waals surface area (Å²) in [5, 5.41) is 0.446. The van der Waals surface area contributed by atoms with Crippen LogP contribution in [0.3, 0.4) is 0 Å². The molecule has 1 amide bonds. The van der Waals surface area contributed by atoms with Crippen LogP contribution in [0.1, 0.15) is 26.8 Å². The smallest absolute Gasteiger partial charge is 0.264 e. The molecule has 0 aliphatic carbocycles. The van der Waals surface area contributed by atoms with Gasteiger partial charge in [0.25, 0.3) is 5.91 Å². The summed E-state index contributed by atoms with van der Waals surface area (Å²) in [5.41, 5.74) is 2.54. The number of thiophene rings is 1. The average Bonchev–Trinajstić information content (AvgIpc) is 3.08. The number of hydrogen-bond acceptors (Lipinski definition) is 3. The van der Waals surface area contributed by atoms with E-state index in [9.17, 15) is 4.79 Å². The topological polar surface area (TPSA) is 23.6 Å². The number of nitrogens with zero attached hydrogens (tertiary/aromatic N) is 2. The summed E-state index contributed by atoms with van der Waals surface area (Å²) in [6.45, 7) is 2.99. The summed E-state index contributed by atoms with van der Waals surface area (Å²) in [7, 11) is 0. The maximum atomic E-state index is 12.8. The lowest BCUT2D eigenvalue weighted by molar-refractivity contribution is 0.0602. The van der Waals surface area contributed by atoms with Gasteiger partial charge in [0, 0.05) is 26.2 Å². The summed E-state index contributed by atoms with van der Waals surface area (Å²) in [5.74, 6) is 0.00872. The molecule has 1 aliphatic rings. The highest BCUT2D eigenvalue weighted by atomic mass is 35.5. The number of piperazine rings is 1. The summed E-state index contributed by atoms with van der Waals surface area (Å²) in [4.78, 5) is 17.7. The van der Waals surface area contributed by atoms with Gasteiger partial charge in [-0.1, -0.05) is 83.9 Å². The molecule has 0 spiro atoms. The molecule has 28 heavy (non-hydrogen) atoms. The third-order valence-corrected chi connectivity index (χ3v) is 6.91. The van der Waals surface area contributed by atoms with Gasteiger partial charge in [-0.3, -0.25) is 9.69 Å². The zero-order valence-corrected chi connectivity index (χ0v) is 17.6. The van der Waals surface area contributed by atoms with E-state index in [4.69, 9.17) is 23.2 Å². The molecule has 1 aliphatic heterocycles. The second kappa shape index (κ2) is 8.66. The first-order chi connectivity index (χ1) is 13.6. The number of rotatable bonds is 4. The van der Waals surface area contributed by atoms with E-state index in [-0.39, 0.29) is 11.9 Å². The lowest BCUT2D eigenvalue weighted by Gasteiger charge is -2.39. The van der Waals surface area contributed by atoms with E-state index in [1.54, 1.807) is 6.07 Å². The average molecular weight is 431 g/mol. The number of hydrogen-bond donors (Lipinski definition) is 0. The molecule has 0 unspecified atom stereocenters. The lowest BCUT2D eigenvalue weighted by Crippen LogP contribution is -2.49. The first-order valence-electron chi connectivity index (χ1n) is 9.21. The highest BCUT2D eigenvalue weighted by molar-refractivity contribution is 7.18. The molecule has 0 saturated carbocycles. The van der Waals surface area contributed by atoms with Gasteiger partial charge in [-0.25, -0.2) is 0 Å². The van der Waals surface area contributed by atoms with E-state index in [1.165, 1.54) is 22.5 Å². The van der Waals surface area contributed by atoms with Crippen molar-refractivity contribution in [3.63, 3.8) is 0 Å². The quantitative estimate of drug-likeness (QED) is 0.537. The van der Waals surface area contributed by atoms with E-state index in [1.807, 2.05) is 17.0 Å². The molecule has 4 rings (SSSR count). The van der Waals surface area contributed by atoms with Crippen LogP contribution in [0.25, 0.3) is 0 Å². The van der Waals surface area contributed by atoms with Crippen molar-refractivity contribution in [2.45, 2.75) is 6.04 Å². The van der Waals surface area contributed by atoms with Gasteiger partial charge < -0.3 is 4.90 Å². The van der Waals surface area contributed by atoms with Gasteiger partial charge in [-0.05, 0) is 17.2 Å². The standard InChI is InChI=1S/C22H20Cl2N2OS/c23-18-15-19(28-21(18)24)22(27)26-13-11-25(12-14-26)20(16-7-3-1-4-8-16)17-9-5-2-6-10-17/h1-10,15,20H,11-14H2. The molecule has 2 heterocycles. The molecular formula is C22H20Cl2N2OS. The van der Waals surface area contributed by atoms with Crippen molar-refractivity contribution in [2.24, 2.45) is 0 Å². The fraction of sp³-hybridized carbons (Fsp3) is 0.227. The van der Waals surface area contributed by atoms with Crippen LogP contribution in [0.15, 0.2) is 66.7 Å². The molecule has 0 atom stereocenters. The van der Waals surface area contributed by atoms with Gasteiger partial charge in [-0.15, -0.1) is 11.3 Å². The van der Waals surface area contributed by atoms with Gasteiger partial charge >= 0.3 is 0 Å². The number of carbonyl (C=O) groups is 1. The molecular weight excluding hydrogens is 411 g/mol. The van der Waals surface area contributed by atoms with Crippen molar-refractivity contribution < 1.29 is 4.79 Å². The molecule has 1 saturated heterocycles. The number of halogens is 2. The summed E-state index contributed by atoms with van der Waals surface area (Å²) < 4.78 is 0.469. The predicted octanol–water partition coefficient (Wildman–Crippen LogP) is 5.60. The molecule has 144 valence electrons. The summed E-state index contributed by atoms with van der Waals surface area (Å²) >= 11 is 13.3. The first kappa shape index (κ1) is 19.5. The molecule has 1 fully saturated rings. The van der Waals surface area contributed by atoms with Gasteiger partial charge in [0.15, 0.2) is 0 Å². The molecule has 1 aromatic heterocycles. The number of benzene rings is 2. The second-order valence-electron chi connectivity index (χ2n) is 6.78. The van der Waals surface area contributed by atoms with Gasteiger partial charge in [-0.2, -0.15) is 0 Å². The Bertz CT molecular complexity index is 879. The highest BCUT2D eigenvalue weighted by Crippen LogP contribution is 2.33. The Balaban J connectivity index is 1.51. The minimum absolute atomic E-state index is 0.00872. The maximum Gasteiger partial charge on any atom is 0.264 e. The van der Waals surface area contributed by atoms with Crippen LogP contribution in [-0.4, -0.2) is 41.9 Å². The Kier molecular flexibility index (Phi) is 6.02. The zero-order valence-electron chi connectivity index (χ0n) is 15.2. The van der Waals surface area contributed by atoms with Crippen LogP contribution in [0.5, 0.6) is 0 Å². The Morgan fingerprint density at radius 2 is 1.39 bits per heavy atom. The van der Waals surface area contributed by atoms with Crippen LogP contribution in [0.4, 0.5) is 0 Å². The number of amides is 1. The van der Waals surface area contributed by atoms with E-state index in [0.29, 0.717) is 27.3 Å². The van der Waals surface area contributed by atoms with E-state index >= 15 is 0 Å². The van der Waals surface area contributed by atoms with Gasteiger partial charge in [0.1, 0.15) is 4.34 Å². The predicted molar refractivity (Wildman–Crippen MR) is 117 cm³/mol. The van der Waals surface area contributed by atoms with Crippen molar-refractivity contribution in [3.8, 4) is 0 Å².